The van der Waals surface area contributed by atoms with Gasteiger partial charge in [0.15, 0.2) is 0 Å². The van der Waals surface area contributed by atoms with Crippen molar-refractivity contribution in [1.29, 1.82) is 5.26 Å². The van der Waals surface area contributed by atoms with Crippen LogP contribution in [0.15, 0.2) is 30.3 Å². The van der Waals surface area contributed by atoms with Gasteiger partial charge in [-0.25, -0.2) is 14.4 Å². The maximum Gasteiger partial charge on any atom is 0.262 e. The Balaban J connectivity index is 0.829. The van der Waals surface area contributed by atoms with Crippen LogP contribution in [0.25, 0.3) is 0 Å². The summed E-state index contributed by atoms with van der Waals surface area (Å²) < 4.78 is 21.9. The summed E-state index contributed by atoms with van der Waals surface area (Å²) >= 11 is 6.27. The van der Waals surface area contributed by atoms with Gasteiger partial charge in [-0.1, -0.05) is 39.3 Å². The molecule has 4 fully saturated rings. The molecule has 8 rings (SSSR count). The minimum atomic E-state index is -1.11. The summed E-state index contributed by atoms with van der Waals surface area (Å²) in [6.45, 7) is 16.9. The van der Waals surface area contributed by atoms with Crippen LogP contribution >= 0.6 is 11.6 Å². The Morgan fingerprint density at radius 3 is 2.15 bits per heavy atom. The molecule has 1 aliphatic carbocycles. The number of anilines is 2. The summed E-state index contributed by atoms with van der Waals surface area (Å²) in [7, 11) is 0. The molecule has 62 heavy (non-hydrogen) atoms. The molecule has 1 saturated carbocycles. The van der Waals surface area contributed by atoms with Gasteiger partial charge in [-0.3, -0.25) is 39.1 Å². The van der Waals surface area contributed by atoms with Gasteiger partial charge < -0.3 is 19.9 Å². The standard InChI is InChI=1S/C45H51ClFN9O6/c1-24-36(38(59)52-41-44(3,4)42(45(41,5)6)62-28-8-7-27(22-48)31(46)19-28)25(2)50-43(49-24)55-13-11-26(12-14-55)23-53-15-17-54(18-16-53)34-21-30-29(20-32(34)47)39(60)56(40(30)61)33-9-10-35(57)51-37(33)58/h7-8,19-21,26,33,41-42H,9-18,23H2,1-6H3,(H,52,59)(H,51,57,58). The van der Waals surface area contributed by atoms with Gasteiger partial charge in [-0.2, -0.15) is 5.26 Å². The molecule has 2 N–H and O–H groups in total. The zero-order valence-electron chi connectivity index (χ0n) is 35.8. The highest BCUT2D eigenvalue weighted by Crippen LogP contribution is 2.55. The minimum absolute atomic E-state index is 0.00898. The van der Waals surface area contributed by atoms with Crippen LogP contribution in [-0.2, 0) is 9.59 Å². The fraction of sp³-hybridized carbons (Fsp3) is 0.511. The van der Waals surface area contributed by atoms with Crippen molar-refractivity contribution in [3.05, 3.63) is 74.8 Å². The van der Waals surface area contributed by atoms with Crippen LogP contribution in [0.5, 0.6) is 5.75 Å². The summed E-state index contributed by atoms with van der Waals surface area (Å²) in [6, 6.07) is 8.29. The highest BCUT2D eigenvalue weighted by atomic mass is 35.5. The molecule has 0 radical (unpaired) electrons. The molecule has 15 nitrogen and oxygen atoms in total. The highest BCUT2D eigenvalue weighted by Gasteiger charge is 2.64. The van der Waals surface area contributed by atoms with Crippen LogP contribution in [0.1, 0.15) is 101 Å². The van der Waals surface area contributed by atoms with Gasteiger partial charge in [-0.15, -0.1) is 0 Å². The van der Waals surface area contributed by atoms with Crippen molar-refractivity contribution in [2.45, 2.75) is 85.4 Å². The Labute approximate surface area is 364 Å². The minimum Gasteiger partial charge on any atom is -0.489 e. The summed E-state index contributed by atoms with van der Waals surface area (Å²) in [5, 5.41) is 15.0. The van der Waals surface area contributed by atoms with Crippen LogP contribution in [0.4, 0.5) is 16.0 Å². The van der Waals surface area contributed by atoms with Gasteiger partial charge >= 0.3 is 0 Å². The predicted octanol–water partition coefficient (Wildman–Crippen LogP) is 4.81. The maximum absolute atomic E-state index is 15.5. The van der Waals surface area contributed by atoms with E-state index in [0.717, 1.165) is 43.4 Å². The van der Waals surface area contributed by atoms with E-state index in [-0.39, 0.29) is 47.7 Å². The van der Waals surface area contributed by atoms with Crippen LogP contribution in [0.3, 0.4) is 0 Å². The molecule has 5 amide bonds. The number of fused-ring (bicyclic) bond motifs is 1. The number of hydrogen-bond donors (Lipinski definition) is 2. The molecule has 0 spiro atoms. The number of nitrogens with one attached hydrogen (secondary N) is 2. The lowest BCUT2D eigenvalue weighted by Crippen LogP contribution is -2.74. The van der Waals surface area contributed by atoms with E-state index in [1.807, 2.05) is 18.7 Å². The predicted molar refractivity (Wildman–Crippen MR) is 228 cm³/mol. The molecule has 3 saturated heterocycles. The number of nitrogens with zero attached hydrogens (tertiary/aromatic N) is 7. The second kappa shape index (κ2) is 16.2. The second-order valence-electron chi connectivity index (χ2n) is 18.4. The van der Waals surface area contributed by atoms with Gasteiger partial charge in [0.25, 0.3) is 17.7 Å². The Bertz CT molecular complexity index is 2380. The zero-order chi connectivity index (χ0) is 44.4. The number of aryl methyl sites for hydroxylation is 2. The van der Waals surface area contributed by atoms with Gasteiger partial charge in [0, 0.05) is 75.2 Å². The number of halogens is 2. The third-order valence-corrected chi connectivity index (χ3v) is 13.9. The first kappa shape index (κ1) is 43.0. The van der Waals surface area contributed by atoms with Crippen molar-refractivity contribution >= 4 is 52.8 Å². The van der Waals surface area contributed by atoms with Gasteiger partial charge in [0.2, 0.25) is 17.8 Å². The molecule has 0 bridgehead atoms. The first-order valence-electron chi connectivity index (χ1n) is 21.2. The number of rotatable bonds is 9. The Hall–Kier alpha value is -5.66. The van der Waals surface area contributed by atoms with E-state index in [0.29, 0.717) is 71.3 Å². The van der Waals surface area contributed by atoms with Gasteiger partial charge in [-0.05, 0) is 63.3 Å². The molecule has 4 aliphatic heterocycles. The van der Waals surface area contributed by atoms with E-state index in [4.69, 9.17) is 26.3 Å². The molecule has 326 valence electrons. The lowest BCUT2D eigenvalue weighted by Gasteiger charge is -2.63. The quantitative estimate of drug-likeness (QED) is 0.281. The summed E-state index contributed by atoms with van der Waals surface area (Å²) in [6.07, 6.45) is 1.68. The number of carbonyl (C=O) groups is 5. The molecule has 2 aromatic carbocycles. The first-order chi connectivity index (χ1) is 29.4. The monoisotopic (exact) mass is 867 g/mol. The number of benzene rings is 2. The van der Waals surface area contributed by atoms with Gasteiger partial charge in [0.1, 0.15) is 29.8 Å². The van der Waals surface area contributed by atoms with E-state index >= 15 is 4.39 Å². The van der Waals surface area contributed by atoms with E-state index in [2.05, 4.69) is 54.2 Å². The number of aromatic nitrogens is 2. The molecule has 1 atom stereocenters. The smallest absolute Gasteiger partial charge is 0.262 e. The number of nitriles is 1. The number of amides is 5. The molecule has 5 aliphatic rings. The Morgan fingerprint density at radius 1 is 0.919 bits per heavy atom. The lowest BCUT2D eigenvalue weighted by atomic mass is 9.49. The van der Waals surface area contributed by atoms with Crippen LogP contribution in [-0.4, -0.2) is 113 Å². The molecular weight excluding hydrogens is 817 g/mol. The third-order valence-electron chi connectivity index (χ3n) is 13.5. The SMILES string of the molecule is Cc1nc(N2CCC(CN3CCN(c4cc5c(cc4F)C(=O)N(C4CCC(=O)NC4=O)C5=O)CC3)CC2)nc(C)c1C(=O)NC1C(C)(C)C(Oc2ccc(C#N)c(Cl)c2)C1(C)C. The summed E-state index contributed by atoms with van der Waals surface area (Å²) in [4.78, 5) is 81.4. The van der Waals surface area contributed by atoms with Crippen molar-refractivity contribution in [3.8, 4) is 11.8 Å². The topological polar surface area (TPSA) is 181 Å². The number of hydrogen-bond acceptors (Lipinski definition) is 12. The highest BCUT2D eigenvalue weighted by molar-refractivity contribution is 6.31. The Kier molecular flexibility index (Phi) is 11.3. The number of piperazine rings is 1. The summed E-state index contributed by atoms with van der Waals surface area (Å²) in [5.41, 5.74) is 1.46. The van der Waals surface area contributed by atoms with E-state index < -0.39 is 46.3 Å². The largest absolute Gasteiger partial charge is 0.489 e. The molecular formula is C45H51ClFN9O6. The number of ether oxygens (including phenoxy) is 1. The van der Waals surface area contributed by atoms with Crippen LogP contribution < -0.4 is 25.2 Å². The van der Waals surface area contributed by atoms with Crippen molar-refractivity contribution in [2.75, 3.05) is 55.6 Å². The molecule has 3 aromatic rings. The molecule has 1 aromatic heterocycles. The average Bonchev–Trinajstić information content (AvgIpc) is 3.46. The van der Waals surface area contributed by atoms with Crippen LogP contribution in [0, 0.1) is 47.7 Å². The second-order valence-corrected chi connectivity index (χ2v) is 18.8. The van der Waals surface area contributed by atoms with E-state index in [1.54, 1.807) is 18.2 Å². The van der Waals surface area contributed by atoms with E-state index in [1.165, 1.54) is 6.07 Å². The Morgan fingerprint density at radius 2 is 1.55 bits per heavy atom. The lowest BCUT2D eigenvalue weighted by molar-refractivity contribution is -0.164. The fourth-order valence-electron chi connectivity index (χ4n) is 10.5. The number of carbonyl (C=O) groups excluding carboxylic acids is 5. The molecule has 5 heterocycles. The normalized spacial score (nSPS) is 23.7. The average molecular weight is 868 g/mol. The van der Waals surface area contributed by atoms with Gasteiger partial charge in [0.05, 0.1) is 44.4 Å². The van der Waals surface area contributed by atoms with Crippen molar-refractivity contribution in [1.82, 2.24) is 30.4 Å². The first-order valence-corrected chi connectivity index (χ1v) is 21.6. The van der Waals surface area contributed by atoms with Crippen molar-refractivity contribution < 1.29 is 33.1 Å². The zero-order valence-corrected chi connectivity index (χ0v) is 36.6. The van der Waals surface area contributed by atoms with Crippen molar-refractivity contribution in [2.24, 2.45) is 16.7 Å². The number of piperidine rings is 2. The molecule has 1 unspecified atom stereocenters. The summed E-state index contributed by atoms with van der Waals surface area (Å²) in [5.74, 6) is -1.76. The number of imide groups is 2. The van der Waals surface area contributed by atoms with Crippen LogP contribution in [0.2, 0.25) is 5.02 Å². The maximum atomic E-state index is 15.5. The third kappa shape index (κ3) is 7.63. The van der Waals surface area contributed by atoms with Crippen molar-refractivity contribution in [3.63, 3.8) is 0 Å². The molecule has 17 heteroatoms. The van der Waals surface area contributed by atoms with E-state index in [9.17, 15) is 29.2 Å². The fourth-order valence-corrected chi connectivity index (χ4v) is 10.8.